The first-order chi connectivity index (χ1) is 11.1. The van der Waals surface area contributed by atoms with Gasteiger partial charge in [0, 0.05) is 17.3 Å². The predicted molar refractivity (Wildman–Crippen MR) is 91.7 cm³/mol. The zero-order valence-corrected chi connectivity index (χ0v) is 13.7. The first kappa shape index (κ1) is 15.1. The number of hydrogen-bond donors (Lipinski definition) is 1. The van der Waals surface area contributed by atoms with Crippen molar-refractivity contribution in [2.24, 2.45) is 0 Å². The smallest absolute Gasteiger partial charge is 0.227 e. The second kappa shape index (κ2) is 6.55. The molecule has 0 aliphatic carbocycles. The van der Waals surface area contributed by atoms with Crippen LogP contribution in [0.5, 0.6) is 0 Å². The zero-order valence-electron chi connectivity index (χ0n) is 12.9. The summed E-state index contributed by atoms with van der Waals surface area (Å²) in [5.41, 5.74) is 4.86. The summed E-state index contributed by atoms with van der Waals surface area (Å²) in [6.45, 7) is 4.11. The van der Waals surface area contributed by atoms with Crippen molar-refractivity contribution in [1.82, 2.24) is 15.0 Å². The average Bonchev–Trinajstić information content (AvgIpc) is 2.95. The SMILES string of the molecule is Cc1cc(C)cc(Nc2nccc(-c3nc(CC#N)cs3)n2)c1. The van der Waals surface area contributed by atoms with Gasteiger partial charge in [0.25, 0.3) is 0 Å². The second-order valence-corrected chi connectivity index (χ2v) is 6.10. The molecular weight excluding hydrogens is 306 g/mol. The van der Waals surface area contributed by atoms with Gasteiger partial charge in [0.15, 0.2) is 0 Å². The predicted octanol–water partition coefficient (Wildman–Crippen LogP) is 4.03. The minimum atomic E-state index is 0.315. The first-order valence-corrected chi connectivity index (χ1v) is 8.02. The van der Waals surface area contributed by atoms with Gasteiger partial charge in [-0.2, -0.15) is 5.26 Å². The van der Waals surface area contributed by atoms with Crippen LogP contribution in [0.2, 0.25) is 0 Å². The van der Waals surface area contributed by atoms with Crippen molar-refractivity contribution in [3.05, 3.63) is 52.7 Å². The number of thiazole rings is 1. The van der Waals surface area contributed by atoms with Gasteiger partial charge >= 0.3 is 0 Å². The number of anilines is 2. The minimum absolute atomic E-state index is 0.315. The Kier molecular flexibility index (Phi) is 4.31. The molecule has 5 nitrogen and oxygen atoms in total. The largest absolute Gasteiger partial charge is 0.324 e. The average molecular weight is 321 g/mol. The van der Waals surface area contributed by atoms with Crippen LogP contribution >= 0.6 is 11.3 Å². The molecule has 0 fully saturated rings. The van der Waals surface area contributed by atoms with E-state index in [0.717, 1.165) is 22.1 Å². The van der Waals surface area contributed by atoms with Crippen LogP contribution in [0.3, 0.4) is 0 Å². The molecule has 0 bridgehead atoms. The fourth-order valence-electron chi connectivity index (χ4n) is 2.30. The van der Waals surface area contributed by atoms with E-state index in [9.17, 15) is 0 Å². The van der Waals surface area contributed by atoms with E-state index < -0.39 is 0 Å². The fourth-order valence-corrected chi connectivity index (χ4v) is 3.09. The molecule has 0 atom stereocenters. The summed E-state index contributed by atoms with van der Waals surface area (Å²) >= 11 is 1.48. The molecule has 6 heteroatoms. The van der Waals surface area contributed by atoms with Gasteiger partial charge < -0.3 is 5.32 Å². The lowest BCUT2D eigenvalue weighted by Gasteiger charge is -2.07. The van der Waals surface area contributed by atoms with E-state index in [0.29, 0.717) is 12.4 Å². The molecule has 0 aliphatic heterocycles. The van der Waals surface area contributed by atoms with Crippen LogP contribution in [0.15, 0.2) is 35.8 Å². The molecule has 0 aliphatic rings. The fraction of sp³-hybridized carbons (Fsp3) is 0.176. The summed E-state index contributed by atoms with van der Waals surface area (Å²) in [5, 5.41) is 14.6. The third kappa shape index (κ3) is 3.71. The van der Waals surface area contributed by atoms with E-state index in [1.165, 1.54) is 22.5 Å². The Labute approximate surface area is 138 Å². The Morgan fingerprint density at radius 3 is 2.70 bits per heavy atom. The standard InChI is InChI=1S/C17H15N5S/c1-11-7-12(2)9-14(8-11)21-17-19-6-4-15(22-17)16-20-13(3-5-18)10-23-16/h4,6-10H,3H2,1-2H3,(H,19,21,22). The molecule has 3 rings (SSSR count). The molecule has 0 amide bonds. The molecule has 2 heterocycles. The number of nitrogens with one attached hydrogen (secondary N) is 1. The van der Waals surface area contributed by atoms with Crippen LogP contribution in [-0.2, 0) is 6.42 Å². The van der Waals surface area contributed by atoms with Gasteiger partial charge in [-0.3, -0.25) is 0 Å². The molecule has 114 valence electrons. The van der Waals surface area contributed by atoms with Gasteiger partial charge in [0.1, 0.15) is 10.7 Å². The van der Waals surface area contributed by atoms with Crippen LogP contribution in [0.25, 0.3) is 10.7 Å². The van der Waals surface area contributed by atoms with E-state index in [1.54, 1.807) is 6.20 Å². The molecule has 0 unspecified atom stereocenters. The van der Waals surface area contributed by atoms with Crippen molar-refractivity contribution in [2.75, 3.05) is 5.32 Å². The number of hydrogen-bond acceptors (Lipinski definition) is 6. The molecule has 2 aromatic heterocycles. The van der Waals surface area contributed by atoms with Crippen molar-refractivity contribution in [3.8, 4) is 16.8 Å². The monoisotopic (exact) mass is 321 g/mol. The molecule has 23 heavy (non-hydrogen) atoms. The Hall–Kier alpha value is -2.78. The van der Waals surface area contributed by atoms with Gasteiger partial charge in [-0.25, -0.2) is 15.0 Å². The maximum absolute atomic E-state index is 8.73. The summed E-state index contributed by atoms with van der Waals surface area (Å²) in [6, 6.07) is 10.1. The Bertz CT molecular complexity index is 858. The molecule has 0 spiro atoms. The highest BCUT2D eigenvalue weighted by atomic mass is 32.1. The third-order valence-electron chi connectivity index (χ3n) is 3.16. The van der Waals surface area contributed by atoms with Crippen molar-refractivity contribution in [3.63, 3.8) is 0 Å². The van der Waals surface area contributed by atoms with E-state index in [1.807, 2.05) is 11.4 Å². The second-order valence-electron chi connectivity index (χ2n) is 5.25. The maximum Gasteiger partial charge on any atom is 0.227 e. The normalized spacial score (nSPS) is 10.3. The molecule has 1 N–H and O–H groups in total. The number of rotatable bonds is 4. The van der Waals surface area contributed by atoms with E-state index in [4.69, 9.17) is 5.26 Å². The van der Waals surface area contributed by atoms with E-state index in [2.05, 4.69) is 58.4 Å². The molecule has 0 saturated heterocycles. The first-order valence-electron chi connectivity index (χ1n) is 7.14. The number of nitriles is 1. The van der Waals surface area contributed by atoms with Gasteiger partial charge in [-0.1, -0.05) is 6.07 Å². The summed E-state index contributed by atoms with van der Waals surface area (Å²) < 4.78 is 0. The van der Waals surface area contributed by atoms with Gasteiger partial charge in [0.05, 0.1) is 18.2 Å². The lowest BCUT2D eigenvalue weighted by molar-refractivity contribution is 1.13. The molecule has 3 aromatic rings. The number of nitrogens with zero attached hydrogens (tertiary/aromatic N) is 4. The van der Waals surface area contributed by atoms with E-state index >= 15 is 0 Å². The van der Waals surface area contributed by atoms with Gasteiger partial charge in [-0.05, 0) is 43.2 Å². The summed E-state index contributed by atoms with van der Waals surface area (Å²) in [4.78, 5) is 13.2. The summed E-state index contributed by atoms with van der Waals surface area (Å²) in [6.07, 6.45) is 2.02. The highest BCUT2D eigenvalue weighted by Gasteiger charge is 2.08. The Balaban J connectivity index is 1.85. The molecule has 0 saturated carbocycles. The summed E-state index contributed by atoms with van der Waals surface area (Å²) in [7, 11) is 0. The van der Waals surface area contributed by atoms with Crippen LogP contribution in [0.1, 0.15) is 16.8 Å². The highest BCUT2D eigenvalue weighted by molar-refractivity contribution is 7.13. The summed E-state index contributed by atoms with van der Waals surface area (Å²) in [5.74, 6) is 0.532. The van der Waals surface area contributed by atoms with E-state index in [-0.39, 0.29) is 0 Å². The maximum atomic E-state index is 8.73. The zero-order chi connectivity index (χ0) is 16.2. The van der Waals surface area contributed by atoms with Crippen LogP contribution in [-0.4, -0.2) is 15.0 Å². The third-order valence-corrected chi connectivity index (χ3v) is 4.08. The highest BCUT2D eigenvalue weighted by Crippen LogP contribution is 2.24. The van der Waals surface area contributed by atoms with Crippen molar-refractivity contribution < 1.29 is 0 Å². The number of aromatic nitrogens is 3. The molecular formula is C17H15N5S. The lowest BCUT2D eigenvalue weighted by atomic mass is 10.1. The Morgan fingerprint density at radius 2 is 1.96 bits per heavy atom. The Morgan fingerprint density at radius 1 is 1.17 bits per heavy atom. The number of aryl methyl sites for hydroxylation is 2. The van der Waals surface area contributed by atoms with Crippen molar-refractivity contribution in [2.45, 2.75) is 20.3 Å². The molecule has 0 radical (unpaired) electrons. The topological polar surface area (TPSA) is 74.5 Å². The van der Waals surface area contributed by atoms with Gasteiger partial charge in [0.2, 0.25) is 5.95 Å². The van der Waals surface area contributed by atoms with Crippen molar-refractivity contribution >= 4 is 23.0 Å². The number of benzene rings is 1. The van der Waals surface area contributed by atoms with Crippen LogP contribution < -0.4 is 5.32 Å². The van der Waals surface area contributed by atoms with Crippen LogP contribution in [0, 0.1) is 25.2 Å². The molecule has 1 aromatic carbocycles. The van der Waals surface area contributed by atoms with Crippen LogP contribution in [0.4, 0.5) is 11.6 Å². The van der Waals surface area contributed by atoms with Crippen molar-refractivity contribution in [1.29, 1.82) is 5.26 Å². The lowest BCUT2D eigenvalue weighted by Crippen LogP contribution is -1.98. The van der Waals surface area contributed by atoms with Gasteiger partial charge in [-0.15, -0.1) is 11.3 Å². The quantitative estimate of drug-likeness (QED) is 0.785. The minimum Gasteiger partial charge on any atom is -0.324 e.